The third kappa shape index (κ3) is 6.87. The molecule has 40 heavy (non-hydrogen) atoms. The number of benzene rings is 3. The molecule has 0 spiro atoms. The van der Waals surface area contributed by atoms with Gasteiger partial charge in [0.05, 0.1) is 35.3 Å². The summed E-state index contributed by atoms with van der Waals surface area (Å²) in [4.78, 5) is 26.9. The number of nitrogens with two attached hydrogens (primary N) is 1. The van der Waals surface area contributed by atoms with Crippen LogP contribution >= 0.6 is 0 Å². The molecule has 0 radical (unpaired) electrons. The maximum atomic E-state index is 13.2. The minimum absolute atomic E-state index is 0.0262. The molecule has 0 bridgehead atoms. The van der Waals surface area contributed by atoms with E-state index in [1.807, 2.05) is 18.2 Å². The van der Waals surface area contributed by atoms with Crippen LogP contribution in [0, 0.1) is 11.3 Å². The van der Waals surface area contributed by atoms with Crippen LogP contribution in [-0.2, 0) is 30.6 Å². The summed E-state index contributed by atoms with van der Waals surface area (Å²) >= 11 is 0. The van der Waals surface area contributed by atoms with Crippen LogP contribution in [0.2, 0.25) is 0 Å². The number of rotatable bonds is 12. The second-order valence-electron chi connectivity index (χ2n) is 9.71. The number of carbonyl (C=O) groups is 2. The highest BCUT2D eigenvalue weighted by Crippen LogP contribution is 2.30. The second-order valence-corrected chi connectivity index (χ2v) is 11.7. The molecule has 210 valence electrons. The maximum Gasteiger partial charge on any atom is 0.306 e. The molecule has 3 aromatic carbocycles. The molecule has 3 N–H and O–H groups in total. The molecule has 0 aromatic heterocycles. The summed E-state index contributed by atoms with van der Waals surface area (Å²) in [5, 5.41) is 7.56. The molecule has 9 nitrogen and oxygen atoms in total. The summed E-state index contributed by atoms with van der Waals surface area (Å²) in [6, 6.07) is 21.8. The van der Waals surface area contributed by atoms with Crippen molar-refractivity contribution in [3.63, 3.8) is 0 Å². The van der Waals surface area contributed by atoms with Crippen molar-refractivity contribution in [3.8, 4) is 5.75 Å². The third-order valence-corrected chi connectivity index (χ3v) is 8.78. The number of nitrogen functional groups attached to an aromatic ring is 1. The second kappa shape index (κ2) is 12.8. The number of hydrogen-bond donors (Lipinski definition) is 2. The molecule has 1 aliphatic heterocycles. The number of aryl methyl sites for hydroxylation is 1. The van der Waals surface area contributed by atoms with Gasteiger partial charge in [-0.2, -0.15) is 0 Å². The minimum Gasteiger partial charge on any atom is -0.491 e. The summed E-state index contributed by atoms with van der Waals surface area (Å²) in [5.74, 6) is -0.717. The molecule has 1 saturated heterocycles. The van der Waals surface area contributed by atoms with E-state index in [9.17, 15) is 18.0 Å². The Labute approximate surface area is 234 Å². The molecular formula is C30H33N3O6S. The lowest BCUT2D eigenvalue weighted by molar-refractivity contribution is -0.144. The zero-order chi connectivity index (χ0) is 28.7. The molecule has 0 unspecified atom stereocenters. The summed E-state index contributed by atoms with van der Waals surface area (Å²) in [7, 11) is -2.51. The Morgan fingerprint density at radius 1 is 1.02 bits per heavy atom. The number of carbonyl (C=O) groups excluding carboxylic acids is 2. The van der Waals surface area contributed by atoms with E-state index in [1.165, 1.54) is 36.9 Å². The molecule has 4 rings (SSSR count). The van der Waals surface area contributed by atoms with Crippen LogP contribution in [-0.4, -0.2) is 57.3 Å². The van der Waals surface area contributed by atoms with Gasteiger partial charge in [0, 0.05) is 12.1 Å². The fourth-order valence-electron chi connectivity index (χ4n) is 4.85. The summed E-state index contributed by atoms with van der Waals surface area (Å²) in [6.45, 7) is 0.747. The average molecular weight is 564 g/mol. The molecule has 10 heteroatoms. The van der Waals surface area contributed by atoms with Gasteiger partial charge in [0.25, 0.3) is 0 Å². The summed E-state index contributed by atoms with van der Waals surface area (Å²) in [6.07, 6.45) is 2.09. The first-order chi connectivity index (χ1) is 19.2. The number of hydrogen-bond acceptors (Lipinski definition) is 7. The van der Waals surface area contributed by atoms with Crippen LogP contribution in [0.3, 0.4) is 0 Å². The van der Waals surface area contributed by atoms with Crippen molar-refractivity contribution in [2.45, 2.75) is 41.5 Å². The van der Waals surface area contributed by atoms with Crippen LogP contribution in [0.5, 0.6) is 5.75 Å². The quantitative estimate of drug-likeness (QED) is 0.195. The van der Waals surface area contributed by atoms with Crippen molar-refractivity contribution in [2.75, 3.05) is 20.3 Å². The zero-order valence-electron chi connectivity index (χ0n) is 22.3. The zero-order valence-corrected chi connectivity index (χ0v) is 23.1. The number of methoxy groups -OCH3 is 1. The smallest absolute Gasteiger partial charge is 0.306 e. The van der Waals surface area contributed by atoms with Gasteiger partial charge in [0.15, 0.2) is 0 Å². The number of ether oxygens (including phenoxy) is 2. The monoisotopic (exact) mass is 563 g/mol. The van der Waals surface area contributed by atoms with Gasteiger partial charge in [-0.15, -0.1) is 0 Å². The van der Waals surface area contributed by atoms with Gasteiger partial charge >= 0.3 is 5.97 Å². The highest BCUT2D eigenvalue weighted by atomic mass is 32.2. The molecule has 1 amide bonds. The Hall–Kier alpha value is -4.18. The topological polar surface area (TPSA) is 140 Å². The summed E-state index contributed by atoms with van der Waals surface area (Å²) < 4.78 is 36.9. The van der Waals surface area contributed by atoms with Gasteiger partial charge in [0.1, 0.15) is 18.2 Å². The first-order valence-corrected chi connectivity index (χ1v) is 14.5. The van der Waals surface area contributed by atoms with Crippen LogP contribution < -0.4 is 10.5 Å². The number of nitrogens with zero attached hydrogens (tertiary/aromatic N) is 1. The highest BCUT2D eigenvalue weighted by molar-refractivity contribution is 7.91. The Kier molecular flexibility index (Phi) is 9.21. The van der Waals surface area contributed by atoms with Gasteiger partial charge < -0.3 is 20.1 Å². The van der Waals surface area contributed by atoms with E-state index in [1.54, 1.807) is 29.2 Å². The minimum atomic E-state index is -3.82. The highest BCUT2D eigenvalue weighted by Gasteiger charge is 2.40. The molecular weight excluding hydrogens is 530 g/mol. The standard InChI is InChI=1S/C30H33N3O6S/c1-38-28(34)19-23-17-24(33(30(23)35)16-6-9-21-7-3-2-4-8-21)20-39-25-12-14-26(15-13-25)40(36,37)27-11-5-10-22(18-27)29(31)32/h2-5,7-8,10-15,18,23-24H,6,9,16-17,19-20H2,1H3,(H3,31,32)/t23-,24-/m0/s1. The Bertz CT molecular complexity index is 1460. The van der Waals surface area contributed by atoms with Crippen molar-refractivity contribution >= 4 is 27.5 Å². The van der Waals surface area contributed by atoms with Crippen molar-refractivity contribution in [2.24, 2.45) is 11.7 Å². The number of nitrogens with one attached hydrogen (secondary N) is 1. The van der Waals surface area contributed by atoms with Crippen LogP contribution in [0.25, 0.3) is 0 Å². The van der Waals surface area contributed by atoms with Gasteiger partial charge in [-0.25, -0.2) is 8.42 Å². The summed E-state index contributed by atoms with van der Waals surface area (Å²) in [5.41, 5.74) is 7.02. The molecule has 2 atom stereocenters. The number of sulfone groups is 1. The molecule has 0 saturated carbocycles. The Balaban J connectivity index is 1.42. The van der Waals surface area contributed by atoms with Crippen LogP contribution in [0.1, 0.15) is 30.4 Å². The van der Waals surface area contributed by atoms with Crippen molar-refractivity contribution in [3.05, 3.63) is 90.0 Å². The predicted molar refractivity (Wildman–Crippen MR) is 150 cm³/mol. The van der Waals surface area contributed by atoms with Crippen LogP contribution in [0.15, 0.2) is 88.7 Å². The van der Waals surface area contributed by atoms with Crippen molar-refractivity contribution in [1.82, 2.24) is 4.90 Å². The van der Waals surface area contributed by atoms with E-state index in [0.717, 1.165) is 12.8 Å². The number of amidine groups is 1. The third-order valence-electron chi connectivity index (χ3n) is 7.01. The van der Waals surface area contributed by atoms with E-state index < -0.39 is 21.7 Å². The molecule has 1 aliphatic rings. The Morgan fingerprint density at radius 2 is 1.75 bits per heavy atom. The lowest BCUT2D eigenvalue weighted by Crippen LogP contribution is -2.38. The average Bonchev–Trinajstić information content (AvgIpc) is 3.26. The van der Waals surface area contributed by atoms with Crippen molar-refractivity contribution < 1.29 is 27.5 Å². The van der Waals surface area contributed by atoms with Gasteiger partial charge in [-0.05, 0) is 61.2 Å². The van der Waals surface area contributed by atoms with E-state index >= 15 is 0 Å². The fourth-order valence-corrected chi connectivity index (χ4v) is 6.16. The lowest BCUT2D eigenvalue weighted by atomic mass is 10.0. The van der Waals surface area contributed by atoms with Gasteiger partial charge in [-0.1, -0.05) is 42.5 Å². The normalized spacial score (nSPS) is 17.0. The van der Waals surface area contributed by atoms with E-state index in [-0.39, 0.29) is 40.6 Å². The first kappa shape index (κ1) is 28.8. The fraction of sp³-hybridized carbons (Fsp3) is 0.300. The molecule has 1 fully saturated rings. The molecule has 3 aromatic rings. The maximum absolute atomic E-state index is 13.2. The van der Waals surface area contributed by atoms with E-state index in [0.29, 0.717) is 24.3 Å². The van der Waals surface area contributed by atoms with Crippen molar-refractivity contribution in [1.29, 1.82) is 5.41 Å². The predicted octanol–water partition coefficient (Wildman–Crippen LogP) is 3.60. The molecule has 0 aliphatic carbocycles. The Morgan fingerprint density at radius 3 is 2.42 bits per heavy atom. The van der Waals surface area contributed by atoms with Gasteiger partial charge in [0.2, 0.25) is 15.7 Å². The van der Waals surface area contributed by atoms with Gasteiger partial charge in [-0.3, -0.25) is 15.0 Å². The first-order valence-electron chi connectivity index (χ1n) is 13.0. The SMILES string of the molecule is COC(=O)C[C@@H]1C[C@@H](COc2ccc(S(=O)(=O)c3cccc(C(=N)N)c3)cc2)N(CCCc2ccccc2)C1=O. The largest absolute Gasteiger partial charge is 0.491 e. The lowest BCUT2D eigenvalue weighted by Gasteiger charge is -2.25. The van der Waals surface area contributed by atoms with E-state index in [2.05, 4.69) is 12.1 Å². The number of amides is 1. The van der Waals surface area contributed by atoms with E-state index in [4.69, 9.17) is 20.6 Å². The van der Waals surface area contributed by atoms with Crippen LogP contribution in [0.4, 0.5) is 0 Å². The molecule has 1 heterocycles. The number of likely N-dealkylation sites (tertiary alicyclic amines) is 1. The number of esters is 1.